The molecule has 0 saturated carbocycles. The predicted molar refractivity (Wildman–Crippen MR) is 51.9 cm³/mol. The van der Waals surface area contributed by atoms with Gasteiger partial charge in [0.2, 0.25) is 0 Å². The van der Waals surface area contributed by atoms with Gasteiger partial charge < -0.3 is 9.47 Å². The van der Waals surface area contributed by atoms with Crippen LogP contribution in [-0.2, 0) is 19.1 Å². The lowest BCUT2D eigenvalue weighted by Gasteiger charge is -2.21. The zero-order chi connectivity index (χ0) is 11.4. The SMILES string of the molecule is COCC(=O)OC(C)C(=O)C(C)(C)C. The number of esters is 1. The molecule has 0 aromatic carbocycles. The van der Waals surface area contributed by atoms with Crippen molar-refractivity contribution in [3.8, 4) is 0 Å². The van der Waals surface area contributed by atoms with E-state index in [4.69, 9.17) is 4.74 Å². The second-order valence-electron chi connectivity index (χ2n) is 4.18. The topological polar surface area (TPSA) is 52.6 Å². The van der Waals surface area contributed by atoms with Gasteiger partial charge in [0.15, 0.2) is 11.9 Å². The Bertz CT molecular complexity index is 215. The first-order chi connectivity index (χ1) is 6.29. The summed E-state index contributed by atoms with van der Waals surface area (Å²) in [7, 11) is 1.40. The molecule has 4 heteroatoms. The van der Waals surface area contributed by atoms with Crippen LogP contribution in [0.25, 0.3) is 0 Å². The van der Waals surface area contributed by atoms with Gasteiger partial charge in [-0.2, -0.15) is 0 Å². The van der Waals surface area contributed by atoms with Crippen LogP contribution >= 0.6 is 0 Å². The number of ketones is 1. The van der Waals surface area contributed by atoms with E-state index in [9.17, 15) is 9.59 Å². The summed E-state index contributed by atoms with van der Waals surface area (Å²) in [6, 6.07) is 0. The van der Waals surface area contributed by atoms with Crippen LogP contribution in [-0.4, -0.2) is 31.6 Å². The average molecular weight is 202 g/mol. The Labute approximate surface area is 84.6 Å². The molecule has 0 aromatic heterocycles. The third kappa shape index (κ3) is 4.37. The van der Waals surface area contributed by atoms with Crippen LogP contribution in [0.4, 0.5) is 0 Å². The van der Waals surface area contributed by atoms with Gasteiger partial charge in [-0.3, -0.25) is 4.79 Å². The lowest BCUT2D eigenvalue weighted by molar-refractivity contribution is -0.159. The highest BCUT2D eigenvalue weighted by Crippen LogP contribution is 2.18. The summed E-state index contributed by atoms with van der Waals surface area (Å²) < 4.78 is 9.45. The molecule has 0 saturated heterocycles. The Morgan fingerprint density at radius 2 is 1.79 bits per heavy atom. The summed E-state index contributed by atoms with van der Waals surface area (Å²) in [5, 5.41) is 0. The van der Waals surface area contributed by atoms with E-state index in [2.05, 4.69) is 4.74 Å². The van der Waals surface area contributed by atoms with Crippen LogP contribution in [0.2, 0.25) is 0 Å². The highest BCUT2D eigenvalue weighted by Gasteiger charge is 2.28. The molecule has 0 spiro atoms. The van der Waals surface area contributed by atoms with E-state index in [1.165, 1.54) is 7.11 Å². The summed E-state index contributed by atoms with van der Waals surface area (Å²) in [5.41, 5.74) is -0.493. The Balaban J connectivity index is 4.15. The highest BCUT2D eigenvalue weighted by molar-refractivity contribution is 5.89. The minimum atomic E-state index is -0.711. The molecular formula is C10H18O4. The average Bonchev–Trinajstić information content (AvgIpc) is 2.01. The van der Waals surface area contributed by atoms with Gasteiger partial charge in [-0.25, -0.2) is 4.79 Å². The van der Waals surface area contributed by atoms with Gasteiger partial charge in [0.1, 0.15) is 6.61 Å². The minimum absolute atomic E-state index is 0.0954. The molecule has 1 atom stereocenters. The van der Waals surface area contributed by atoms with Crippen molar-refractivity contribution in [2.75, 3.05) is 13.7 Å². The van der Waals surface area contributed by atoms with Crippen LogP contribution < -0.4 is 0 Å². The molecule has 0 heterocycles. The van der Waals surface area contributed by atoms with E-state index in [1.54, 1.807) is 27.7 Å². The van der Waals surface area contributed by atoms with E-state index < -0.39 is 17.5 Å². The third-order valence-electron chi connectivity index (χ3n) is 1.68. The highest BCUT2D eigenvalue weighted by atomic mass is 16.6. The second-order valence-corrected chi connectivity index (χ2v) is 4.18. The van der Waals surface area contributed by atoms with Crippen molar-refractivity contribution < 1.29 is 19.1 Å². The molecule has 0 rings (SSSR count). The standard InChI is InChI=1S/C10H18O4/c1-7(9(12)10(2,3)4)14-8(11)6-13-5/h7H,6H2,1-5H3. The van der Waals surface area contributed by atoms with Crippen LogP contribution in [0.15, 0.2) is 0 Å². The van der Waals surface area contributed by atoms with Crippen LogP contribution in [0.5, 0.6) is 0 Å². The quantitative estimate of drug-likeness (QED) is 0.642. The fourth-order valence-electron chi connectivity index (χ4n) is 1.01. The number of carbonyl (C=O) groups excluding carboxylic acids is 2. The molecule has 0 N–H and O–H groups in total. The summed E-state index contributed by atoms with van der Waals surface area (Å²) in [4.78, 5) is 22.6. The maximum Gasteiger partial charge on any atom is 0.332 e. The molecule has 0 aromatic rings. The first kappa shape index (κ1) is 13.1. The number of rotatable bonds is 4. The van der Waals surface area contributed by atoms with Crippen molar-refractivity contribution in [3.05, 3.63) is 0 Å². The van der Waals surface area contributed by atoms with Gasteiger partial charge in [0.25, 0.3) is 0 Å². The van der Waals surface area contributed by atoms with Crippen molar-refractivity contribution >= 4 is 11.8 Å². The number of carbonyl (C=O) groups is 2. The number of methoxy groups -OCH3 is 1. The number of ether oxygens (including phenoxy) is 2. The monoisotopic (exact) mass is 202 g/mol. The van der Waals surface area contributed by atoms with Crippen LogP contribution in [0, 0.1) is 5.41 Å². The van der Waals surface area contributed by atoms with E-state index in [-0.39, 0.29) is 12.4 Å². The molecule has 82 valence electrons. The lowest BCUT2D eigenvalue weighted by Crippen LogP contribution is -2.34. The largest absolute Gasteiger partial charge is 0.453 e. The molecule has 0 aliphatic rings. The van der Waals surface area contributed by atoms with Crippen molar-refractivity contribution in [1.29, 1.82) is 0 Å². The lowest BCUT2D eigenvalue weighted by atomic mass is 9.88. The molecule has 0 fully saturated rings. The molecule has 0 amide bonds. The fraction of sp³-hybridized carbons (Fsp3) is 0.800. The maximum atomic E-state index is 11.6. The smallest absolute Gasteiger partial charge is 0.332 e. The summed E-state index contributed by atoms with van der Waals surface area (Å²) in [6.07, 6.45) is -0.711. The molecule has 0 aliphatic carbocycles. The van der Waals surface area contributed by atoms with Crippen molar-refractivity contribution in [2.24, 2.45) is 5.41 Å². The fourth-order valence-corrected chi connectivity index (χ4v) is 1.01. The predicted octanol–water partition coefficient (Wildman–Crippen LogP) is 1.18. The first-order valence-corrected chi connectivity index (χ1v) is 4.51. The molecule has 0 aliphatic heterocycles. The maximum absolute atomic E-state index is 11.6. The Morgan fingerprint density at radius 1 is 1.29 bits per heavy atom. The van der Waals surface area contributed by atoms with E-state index in [0.717, 1.165) is 0 Å². The third-order valence-corrected chi connectivity index (χ3v) is 1.68. The van der Waals surface area contributed by atoms with E-state index in [0.29, 0.717) is 0 Å². The molecular weight excluding hydrogens is 184 g/mol. The normalized spacial score (nSPS) is 13.5. The van der Waals surface area contributed by atoms with E-state index >= 15 is 0 Å². The van der Waals surface area contributed by atoms with E-state index in [1.807, 2.05) is 0 Å². The van der Waals surface area contributed by atoms with Gasteiger partial charge in [-0.15, -0.1) is 0 Å². The number of hydrogen-bond donors (Lipinski definition) is 0. The molecule has 14 heavy (non-hydrogen) atoms. The molecule has 0 bridgehead atoms. The first-order valence-electron chi connectivity index (χ1n) is 4.51. The Morgan fingerprint density at radius 3 is 2.14 bits per heavy atom. The second kappa shape index (κ2) is 5.10. The summed E-state index contributed by atoms with van der Waals surface area (Å²) >= 11 is 0. The van der Waals surface area contributed by atoms with Gasteiger partial charge in [-0.1, -0.05) is 20.8 Å². The van der Waals surface area contributed by atoms with Gasteiger partial charge in [-0.05, 0) is 6.92 Å². The van der Waals surface area contributed by atoms with Crippen LogP contribution in [0.3, 0.4) is 0 Å². The number of hydrogen-bond acceptors (Lipinski definition) is 4. The van der Waals surface area contributed by atoms with Gasteiger partial charge in [0.05, 0.1) is 0 Å². The zero-order valence-corrected chi connectivity index (χ0v) is 9.42. The molecule has 1 unspecified atom stereocenters. The Hall–Kier alpha value is -0.900. The number of Topliss-reactive ketones (excluding diaryl/α,β-unsaturated/α-hetero) is 1. The molecule has 0 radical (unpaired) electrons. The molecule has 4 nitrogen and oxygen atoms in total. The van der Waals surface area contributed by atoms with Crippen molar-refractivity contribution in [3.63, 3.8) is 0 Å². The van der Waals surface area contributed by atoms with Crippen LogP contribution in [0.1, 0.15) is 27.7 Å². The van der Waals surface area contributed by atoms with Gasteiger partial charge in [0, 0.05) is 12.5 Å². The zero-order valence-electron chi connectivity index (χ0n) is 9.42. The minimum Gasteiger partial charge on any atom is -0.453 e. The van der Waals surface area contributed by atoms with Gasteiger partial charge >= 0.3 is 5.97 Å². The van der Waals surface area contributed by atoms with Crippen molar-refractivity contribution in [1.82, 2.24) is 0 Å². The van der Waals surface area contributed by atoms with Crippen molar-refractivity contribution in [2.45, 2.75) is 33.8 Å². The summed E-state index contributed by atoms with van der Waals surface area (Å²) in [5.74, 6) is -0.612. The Kier molecular flexibility index (Phi) is 4.77. The summed E-state index contributed by atoms with van der Waals surface area (Å²) in [6.45, 7) is 6.81.